The summed E-state index contributed by atoms with van der Waals surface area (Å²) in [5, 5.41) is 3.25. The third kappa shape index (κ3) is 4.86. The van der Waals surface area contributed by atoms with Gasteiger partial charge in [0, 0.05) is 39.8 Å². The number of carbonyl (C=O) groups is 2. The molecule has 0 radical (unpaired) electrons. The number of amides is 3. The molecule has 2 aliphatic rings. The molecule has 3 rings (SSSR count). The molecule has 0 bridgehead atoms. The van der Waals surface area contributed by atoms with Gasteiger partial charge in [0.25, 0.3) is 0 Å². The van der Waals surface area contributed by atoms with E-state index >= 15 is 0 Å². The summed E-state index contributed by atoms with van der Waals surface area (Å²) in [5.41, 5.74) is 1.12. The van der Waals surface area contributed by atoms with Crippen molar-refractivity contribution in [2.24, 2.45) is 0 Å². The lowest BCUT2D eigenvalue weighted by molar-refractivity contribution is -0.134. The van der Waals surface area contributed by atoms with E-state index in [0.717, 1.165) is 24.9 Å². The molecule has 1 aromatic rings. The standard InChI is InChI=1S/C18H26N4O2.ClH/c1-20(14-15-6-3-2-4-7-15)18(24)22-12-10-21(11-13-22)17(23)16-8-5-9-19-16;/h2-4,6-7,16,19H,5,8-14H2,1H3;1H. The fraction of sp³-hybridized carbons (Fsp3) is 0.556. The van der Waals surface area contributed by atoms with Crippen molar-refractivity contribution >= 4 is 24.3 Å². The third-order valence-electron chi connectivity index (χ3n) is 4.81. The maximum Gasteiger partial charge on any atom is 0.320 e. The molecule has 1 N–H and O–H groups in total. The molecule has 0 aliphatic carbocycles. The highest BCUT2D eigenvalue weighted by molar-refractivity contribution is 5.85. The minimum atomic E-state index is -0.0204. The number of halogens is 1. The third-order valence-corrected chi connectivity index (χ3v) is 4.81. The smallest absolute Gasteiger partial charge is 0.320 e. The number of benzene rings is 1. The predicted octanol–water partition coefficient (Wildman–Crippen LogP) is 1.56. The van der Waals surface area contributed by atoms with Crippen LogP contribution in [-0.4, -0.2) is 72.5 Å². The van der Waals surface area contributed by atoms with Gasteiger partial charge in [0.15, 0.2) is 0 Å². The Hall–Kier alpha value is -1.79. The van der Waals surface area contributed by atoms with Gasteiger partial charge in [-0.3, -0.25) is 4.79 Å². The topological polar surface area (TPSA) is 55.9 Å². The van der Waals surface area contributed by atoms with E-state index in [-0.39, 0.29) is 30.4 Å². The lowest BCUT2D eigenvalue weighted by atomic mass is 10.2. The summed E-state index contributed by atoms with van der Waals surface area (Å²) in [6, 6.07) is 9.99. The Morgan fingerprint density at radius 2 is 1.76 bits per heavy atom. The summed E-state index contributed by atoms with van der Waals surface area (Å²) >= 11 is 0. The number of rotatable bonds is 3. The van der Waals surface area contributed by atoms with Gasteiger partial charge in [-0.25, -0.2) is 4.79 Å². The normalized spacial score (nSPS) is 20.1. The van der Waals surface area contributed by atoms with Gasteiger partial charge < -0.3 is 20.0 Å². The largest absolute Gasteiger partial charge is 0.338 e. The fourth-order valence-electron chi connectivity index (χ4n) is 3.40. The summed E-state index contributed by atoms with van der Waals surface area (Å²) in [5.74, 6) is 0.192. The minimum Gasteiger partial charge on any atom is -0.338 e. The predicted molar refractivity (Wildman–Crippen MR) is 99.7 cm³/mol. The highest BCUT2D eigenvalue weighted by atomic mass is 35.5. The first-order valence-electron chi connectivity index (χ1n) is 8.71. The van der Waals surface area contributed by atoms with Gasteiger partial charge in [0.05, 0.1) is 6.04 Å². The maximum atomic E-state index is 12.6. The Bertz CT molecular complexity index is 570. The lowest BCUT2D eigenvalue weighted by Crippen LogP contribution is -2.55. The maximum absolute atomic E-state index is 12.6. The van der Waals surface area contributed by atoms with E-state index in [1.807, 2.05) is 47.2 Å². The number of piperazine rings is 1. The number of nitrogens with one attached hydrogen (secondary N) is 1. The van der Waals surface area contributed by atoms with Crippen molar-refractivity contribution in [1.29, 1.82) is 0 Å². The molecule has 0 aromatic heterocycles. The highest BCUT2D eigenvalue weighted by Gasteiger charge is 2.30. The van der Waals surface area contributed by atoms with Crippen molar-refractivity contribution < 1.29 is 9.59 Å². The number of urea groups is 1. The van der Waals surface area contributed by atoms with Gasteiger partial charge in [0.2, 0.25) is 5.91 Å². The Morgan fingerprint density at radius 1 is 1.12 bits per heavy atom. The molecular weight excluding hydrogens is 340 g/mol. The van der Waals surface area contributed by atoms with Crippen molar-refractivity contribution in [3.8, 4) is 0 Å². The second-order valence-electron chi connectivity index (χ2n) is 6.59. The fourth-order valence-corrected chi connectivity index (χ4v) is 3.40. The van der Waals surface area contributed by atoms with Gasteiger partial charge in [-0.15, -0.1) is 12.4 Å². The number of carbonyl (C=O) groups excluding carboxylic acids is 2. The molecule has 3 amide bonds. The monoisotopic (exact) mass is 366 g/mol. The van der Waals surface area contributed by atoms with Crippen LogP contribution in [0.5, 0.6) is 0 Å². The Kier molecular flexibility index (Phi) is 7.08. The van der Waals surface area contributed by atoms with Crippen molar-refractivity contribution in [2.45, 2.75) is 25.4 Å². The van der Waals surface area contributed by atoms with Crippen LogP contribution < -0.4 is 5.32 Å². The summed E-state index contributed by atoms with van der Waals surface area (Å²) in [4.78, 5) is 30.4. The van der Waals surface area contributed by atoms with Crippen LogP contribution in [0.4, 0.5) is 4.79 Å². The van der Waals surface area contributed by atoms with Crippen molar-refractivity contribution in [1.82, 2.24) is 20.0 Å². The average Bonchev–Trinajstić information content (AvgIpc) is 3.16. The molecule has 1 unspecified atom stereocenters. The number of nitrogens with zero attached hydrogens (tertiary/aromatic N) is 3. The van der Waals surface area contributed by atoms with Crippen molar-refractivity contribution in [3.05, 3.63) is 35.9 Å². The van der Waals surface area contributed by atoms with Crippen LogP contribution in [0.2, 0.25) is 0 Å². The Labute approximate surface area is 155 Å². The zero-order valence-corrected chi connectivity index (χ0v) is 15.5. The Morgan fingerprint density at radius 3 is 2.36 bits per heavy atom. The summed E-state index contributed by atoms with van der Waals surface area (Å²) < 4.78 is 0. The molecule has 1 aromatic carbocycles. The highest BCUT2D eigenvalue weighted by Crippen LogP contribution is 2.13. The molecule has 25 heavy (non-hydrogen) atoms. The summed E-state index contributed by atoms with van der Waals surface area (Å²) in [6.45, 7) is 4.00. The van der Waals surface area contributed by atoms with Crippen LogP contribution in [0.15, 0.2) is 30.3 Å². The summed E-state index contributed by atoms with van der Waals surface area (Å²) in [6.07, 6.45) is 2.00. The molecular formula is C18H27ClN4O2. The van der Waals surface area contributed by atoms with E-state index < -0.39 is 0 Å². The van der Waals surface area contributed by atoms with Gasteiger partial charge >= 0.3 is 6.03 Å². The zero-order valence-electron chi connectivity index (χ0n) is 14.7. The van der Waals surface area contributed by atoms with Gasteiger partial charge in [-0.1, -0.05) is 30.3 Å². The van der Waals surface area contributed by atoms with Gasteiger partial charge in [-0.05, 0) is 24.9 Å². The van der Waals surface area contributed by atoms with E-state index in [1.165, 1.54) is 0 Å². The second-order valence-corrected chi connectivity index (χ2v) is 6.59. The molecule has 2 fully saturated rings. The molecule has 2 saturated heterocycles. The van der Waals surface area contributed by atoms with E-state index in [9.17, 15) is 9.59 Å². The van der Waals surface area contributed by atoms with Gasteiger partial charge in [0.1, 0.15) is 0 Å². The number of hydrogen-bond acceptors (Lipinski definition) is 3. The van der Waals surface area contributed by atoms with Crippen molar-refractivity contribution in [3.63, 3.8) is 0 Å². The molecule has 6 nitrogen and oxygen atoms in total. The molecule has 2 aliphatic heterocycles. The van der Waals surface area contributed by atoms with E-state index in [2.05, 4.69) is 5.32 Å². The van der Waals surface area contributed by atoms with Crippen LogP contribution in [0.25, 0.3) is 0 Å². The van der Waals surface area contributed by atoms with E-state index in [4.69, 9.17) is 0 Å². The van der Waals surface area contributed by atoms with E-state index in [0.29, 0.717) is 32.7 Å². The van der Waals surface area contributed by atoms with Crippen LogP contribution in [-0.2, 0) is 11.3 Å². The molecule has 138 valence electrons. The zero-order chi connectivity index (χ0) is 16.9. The second kappa shape index (κ2) is 9.06. The molecule has 2 heterocycles. The number of hydrogen-bond donors (Lipinski definition) is 1. The molecule has 0 saturated carbocycles. The molecule has 1 atom stereocenters. The van der Waals surface area contributed by atoms with Gasteiger partial charge in [-0.2, -0.15) is 0 Å². The van der Waals surface area contributed by atoms with E-state index in [1.54, 1.807) is 4.90 Å². The molecule has 0 spiro atoms. The Balaban J connectivity index is 0.00000225. The van der Waals surface area contributed by atoms with Crippen LogP contribution in [0.3, 0.4) is 0 Å². The molecule has 7 heteroatoms. The van der Waals surface area contributed by atoms with Crippen LogP contribution in [0, 0.1) is 0 Å². The first-order valence-corrected chi connectivity index (χ1v) is 8.71. The SMILES string of the molecule is CN(Cc1ccccc1)C(=O)N1CCN(C(=O)C2CCCN2)CC1.Cl. The van der Waals surface area contributed by atoms with Crippen LogP contribution >= 0.6 is 12.4 Å². The first kappa shape index (κ1) is 19.5. The first-order chi connectivity index (χ1) is 11.6. The quantitative estimate of drug-likeness (QED) is 0.883. The van der Waals surface area contributed by atoms with Crippen molar-refractivity contribution in [2.75, 3.05) is 39.8 Å². The lowest BCUT2D eigenvalue weighted by Gasteiger charge is -2.37. The minimum absolute atomic E-state index is 0. The average molecular weight is 367 g/mol. The summed E-state index contributed by atoms with van der Waals surface area (Å²) in [7, 11) is 1.83. The van der Waals surface area contributed by atoms with Crippen LogP contribution in [0.1, 0.15) is 18.4 Å².